The van der Waals surface area contributed by atoms with E-state index in [1.54, 1.807) is 6.92 Å². The first kappa shape index (κ1) is 14.1. The summed E-state index contributed by atoms with van der Waals surface area (Å²) in [5, 5.41) is 8.81. The lowest BCUT2D eigenvalue weighted by Crippen LogP contribution is -2.38. The molecule has 0 fully saturated rings. The predicted octanol–water partition coefficient (Wildman–Crippen LogP) is 0.968. The smallest absolute Gasteiger partial charge is 0.323 e. The molecule has 0 aromatic carbocycles. The summed E-state index contributed by atoms with van der Waals surface area (Å²) in [6, 6.07) is 0. The summed E-state index contributed by atoms with van der Waals surface area (Å²) in [5.41, 5.74) is 0.877. The van der Waals surface area contributed by atoms with Gasteiger partial charge in [-0.1, -0.05) is 13.8 Å². The molecule has 1 heterocycles. The van der Waals surface area contributed by atoms with Crippen molar-refractivity contribution in [2.45, 2.75) is 20.8 Å². The van der Waals surface area contributed by atoms with Gasteiger partial charge < -0.3 is 10.0 Å². The van der Waals surface area contributed by atoms with E-state index in [-0.39, 0.29) is 18.2 Å². The van der Waals surface area contributed by atoms with E-state index in [0.717, 1.165) is 0 Å². The molecule has 0 unspecified atom stereocenters. The highest BCUT2D eigenvalue weighted by Gasteiger charge is 2.20. The number of rotatable bonds is 5. The summed E-state index contributed by atoms with van der Waals surface area (Å²) in [5.74, 6) is -1.26. The molecule has 0 aliphatic heterocycles. The van der Waals surface area contributed by atoms with Gasteiger partial charge in [-0.15, -0.1) is 0 Å². The molecule has 0 radical (unpaired) electrons. The zero-order valence-corrected chi connectivity index (χ0v) is 10.8. The van der Waals surface area contributed by atoms with Crippen LogP contribution in [0.15, 0.2) is 12.4 Å². The number of aryl methyl sites for hydroxylation is 1. The predicted molar refractivity (Wildman–Crippen MR) is 65.1 cm³/mol. The number of amides is 1. The van der Waals surface area contributed by atoms with Crippen LogP contribution in [0.3, 0.4) is 0 Å². The second-order valence-electron chi connectivity index (χ2n) is 4.52. The Kier molecular flexibility index (Phi) is 4.76. The van der Waals surface area contributed by atoms with E-state index in [1.165, 1.54) is 17.3 Å². The Morgan fingerprint density at radius 1 is 1.33 bits per heavy atom. The monoisotopic (exact) mass is 251 g/mol. The van der Waals surface area contributed by atoms with Gasteiger partial charge in [-0.25, -0.2) is 4.98 Å². The van der Waals surface area contributed by atoms with Crippen molar-refractivity contribution < 1.29 is 14.7 Å². The molecular weight excluding hydrogens is 234 g/mol. The Balaban J connectivity index is 2.87. The molecule has 1 aromatic rings. The normalized spacial score (nSPS) is 10.4. The standard InChI is InChI=1S/C12H17N3O3/c1-8(2)6-15(7-11(16)17)12(18)10-5-13-9(3)4-14-10/h4-5,8H,6-7H2,1-3H3,(H,16,17). The van der Waals surface area contributed by atoms with Crippen molar-refractivity contribution in [3.05, 3.63) is 23.8 Å². The van der Waals surface area contributed by atoms with Crippen molar-refractivity contribution in [2.75, 3.05) is 13.1 Å². The fraction of sp³-hybridized carbons (Fsp3) is 0.500. The number of aromatic nitrogens is 2. The first-order chi connectivity index (χ1) is 8.40. The summed E-state index contributed by atoms with van der Waals surface area (Å²) in [6.07, 6.45) is 2.86. The maximum Gasteiger partial charge on any atom is 0.323 e. The number of carbonyl (C=O) groups excluding carboxylic acids is 1. The average molecular weight is 251 g/mol. The Bertz CT molecular complexity index is 429. The minimum absolute atomic E-state index is 0.169. The van der Waals surface area contributed by atoms with Crippen molar-refractivity contribution in [1.29, 1.82) is 0 Å². The fourth-order valence-corrected chi connectivity index (χ4v) is 1.49. The summed E-state index contributed by atoms with van der Waals surface area (Å²) < 4.78 is 0. The summed E-state index contributed by atoms with van der Waals surface area (Å²) >= 11 is 0. The van der Waals surface area contributed by atoms with Gasteiger partial charge in [0.15, 0.2) is 0 Å². The number of hydrogen-bond donors (Lipinski definition) is 1. The van der Waals surface area contributed by atoms with E-state index in [2.05, 4.69) is 9.97 Å². The topological polar surface area (TPSA) is 83.4 Å². The van der Waals surface area contributed by atoms with Gasteiger partial charge in [-0.2, -0.15) is 0 Å². The Morgan fingerprint density at radius 2 is 2.00 bits per heavy atom. The quantitative estimate of drug-likeness (QED) is 0.843. The van der Waals surface area contributed by atoms with Crippen LogP contribution in [-0.2, 0) is 4.79 Å². The third kappa shape index (κ3) is 4.12. The highest BCUT2D eigenvalue weighted by Crippen LogP contribution is 2.05. The van der Waals surface area contributed by atoms with E-state index >= 15 is 0 Å². The molecule has 0 saturated carbocycles. The lowest BCUT2D eigenvalue weighted by molar-refractivity contribution is -0.137. The number of carbonyl (C=O) groups is 2. The minimum atomic E-state index is -1.04. The van der Waals surface area contributed by atoms with Gasteiger partial charge in [0.05, 0.1) is 11.9 Å². The Labute approximate surface area is 106 Å². The molecule has 6 heteroatoms. The summed E-state index contributed by atoms with van der Waals surface area (Å²) in [6.45, 7) is 5.66. The summed E-state index contributed by atoms with van der Waals surface area (Å²) in [7, 11) is 0. The van der Waals surface area contributed by atoms with E-state index < -0.39 is 11.9 Å². The van der Waals surface area contributed by atoms with Crippen LogP contribution >= 0.6 is 0 Å². The zero-order valence-electron chi connectivity index (χ0n) is 10.8. The van der Waals surface area contributed by atoms with Crippen molar-refractivity contribution in [3.63, 3.8) is 0 Å². The van der Waals surface area contributed by atoms with E-state index in [0.29, 0.717) is 12.2 Å². The number of nitrogens with zero attached hydrogens (tertiary/aromatic N) is 3. The minimum Gasteiger partial charge on any atom is -0.480 e. The van der Waals surface area contributed by atoms with Gasteiger partial charge in [-0.05, 0) is 12.8 Å². The van der Waals surface area contributed by atoms with Crippen LogP contribution in [-0.4, -0.2) is 44.9 Å². The molecule has 1 aromatic heterocycles. The fourth-order valence-electron chi connectivity index (χ4n) is 1.49. The number of carboxylic acids is 1. The summed E-state index contributed by atoms with van der Waals surface area (Å²) in [4.78, 5) is 32.1. The lowest BCUT2D eigenvalue weighted by Gasteiger charge is -2.22. The molecule has 98 valence electrons. The molecule has 0 bridgehead atoms. The molecule has 0 spiro atoms. The lowest BCUT2D eigenvalue weighted by atomic mass is 10.2. The van der Waals surface area contributed by atoms with Crippen molar-refractivity contribution in [3.8, 4) is 0 Å². The maximum atomic E-state index is 12.1. The van der Waals surface area contributed by atoms with Crippen molar-refractivity contribution in [2.24, 2.45) is 5.92 Å². The molecule has 0 aliphatic rings. The van der Waals surface area contributed by atoms with Gasteiger partial charge in [0.1, 0.15) is 12.2 Å². The molecule has 1 amide bonds. The van der Waals surface area contributed by atoms with Crippen LogP contribution in [0.4, 0.5) is 0 Å². The van der Waals surface area contributed by atoms with Crippen molar-refractivity contribution >= 4 is 11.9 Å². The van der Waals surface area contributed by atoms with Gasteiger partial charge >= 0.3 is 5.97 Å². The highest BCUT2D eigenvalue weighted by atomic mass is 16.4. The van der Waals surface area contributed by atoms with E-state index in [4.69, 9.17) is 5.11 Å². The number of hydrogen-bond acceptors (Lipinski definition) is 4. The average Bonchev–Trinajstić information content (AvgIpc) is 2.27. The largest absolute Gasteiger partial charge is 0.480 e. The van der Waals surface area contributed by atoms with Gasteiger partial charge in [0.25, 0.3) is 5.91 Å². The molecule has 1 rings (SSSR count). The van der Waals surface area contributed by atoms with Crippen LogP contribution in [0.2, 0.25) is 0 Å². The zero-order chi connectivity index (χ0) is 13.7. The molecule has 0 atom stereocenters. The second-order valence-corrected chi connectivity index (χ2v) is 4.52. The molecule has 18 heavy (non-hydrogen) atoms. The SMILES string of the molecule is Cc1cnc(C(=O)N(CC(=O)O)CC(C)C)cn1. The van der Waals surface area contributed by atoms with Gasteiger partial charge in [0.2, 0.25) is 0 Å². The maximum absolute atomic E-state index is 12.1. The molecule has 6 nitrogen and oxygen atoms in total. The first-order valence-corrected chi connectivity index (χ1v) is 5.70. The Hall–Kier alpha value is -1.98. The molecule has 1 N–H and O–H groups in total. The van der Waals surface area contributed by atoms with Crippen LogP contribution in [0, 0.1) is 12.8 Å². The van der Waals surface area contributed by atoms with Crippen LogP contribution in [0.1, 0.15) is 30.0 Å². The molecular formula is C12H17N3O3. The highest BCUT2D eigenvalue weighted by molar-refractivity contribution is 5.93. The van der Waals surface area contributed by atoms with Crippen LogP contribution < -0.4 is 0 Å². The van der Waals surface area contributed by atoms with Crippen LogP contribution in [0.25, 0.3) is 0 Å². The van der Waals surface area contributed by atoms with Gasteiger partial charge in [0, 0.05) is 12.7 Å². The van der Waals surface area contributed by atoms with E-state index in [9.17, 15) is 9.59 Å². The van der Waals surface area contributed by atoms with Gasteiger partial charge in [-0.3, -0.25) is 14.6 Å². The Morgan fingerprint density at radius 3 is 2.44 bits per heavy atom. The van der Waals surface area contributed by atoms with E-state index in [1.807, 2.05) is 13.8 Å². The first-order valence-electron chi connectivity index (χ1n) is 5.70. The third-order valence-corrected chi connectivity index (χ3v) is 2.20. The van der Waals surface area contributed by atoms with Crippen molar-refractivity contribution in [1.82, 2.24) is 14.9 Å². The number of aliphatic carboxylic acids is 1. The molecule has 0 saturated heterocycles. The van der Waals surface area contributed by atoms with Crippen LogP contribution in [0.5, 0.6) is 0 Å². The number of carboxylic acid groups (broad SMARTS) is 1. The third-order valence-electron chi connectivity index (χ3n) is 2.20. The second kappa shape index (κ2) is 6.09. The molecule has 0 aliphatic carbocycles.